The average Bonchev–Trinajstić information content (AvgIpc) is 2.40. The SMILES string of the molecule is CS/C(N)=N\[C@](C)(c1cc(Br)ccc1F)[C@H](C)CC(F)F. The maximum atomic E-state index is 14.2. The molecule has 1 aromatic carbocycles. The van der Waals surface area contributed by atoms with Crippen LogP contribution in [-0.2, 0) is 5.54 Å². The summed E-state index contributed by atoms with van der Waals surface area (Å²) in [6.45, 7) is 3.26. The molecule has 0 aliphatic rings. The second kappa shape index (κ2) is 7.54. The summed E-state index contributed by atoms with van der Waals surface area (Å²) < 4.78 is 40.3. The Morgan fingerprint density at radius 2 is 2.10 bits per heavy atom. The Morgan fingerprint density at radius 1 is 1.48 bits per heavy atom. The number of hydrogen-bond donors (Lipinski definition) is 1. The molecule has 1 rings (SSSR count). The molecule has 0 radical (unpaired) electrons. The predicted molar refractivity (Wildman–Crippen MR) is 86.4 cm³/mol. The molecule has 0 spiro atoms. The fraction of sp³-hybridized carbons (Fsp3) is 0.500. The van der Waals surface area contributed by atoms with E-state index in [4.69, 9.17) is 5.73 Å². The van der Waals surface area contributed by atoms with Gasteiger partial charge in [-0.05, 0) is 37.3 Å². The number of benzene rings is 1. The molecule has 7 heteroatoms. The summed E-state index contributed by atoms with van der Waals surface area (Å²) in [6, 6.07) is 4.41. The van der Waals surface area contributed by atoms with E-state index < -0.39 is 23.7 Å². The van der Waals surface area contributed by atoms with Crippen molar-refractivity contribution in [1.29, 1.82) is 0 Å². The van der Waals surface area contributed by atoms with E-state index in [0.717, 1.165) is 0 Å². The molecule has 0 unspecified atom stereocenters. The van der Waals surface area contributed by atoms with E-state index in [1.54, 1.807) is 32.2 Å². The number of nitrogens with zero attached hydrogens (tertiary/aromatic N) is 1. The van der Waals surface area contributed by atoms with Crippen molar-refractivity contribution in [3.63, 3.8) is 0 Å². The Morgan fingerprint density at radius 3 is 2.62 bits per heavy atom. The molecule has 2 nitrogen and oxygen atoms in total. The topological polar surface area (TPSA) is 38.4 Å². The molecule has 0 amide bonds. The monoisotopic (exact) mass is 382 g/mol. The number of nitrogens with two attached hydrogens (primary N) is 1. The zero-order valence-corrected chi connectivity index (χ0v) is 14.4. The van der Waals surface area contributed by atoms with Crippen molar-refractivity contribution in [2.24, 2.45) is 16.6 Å². The fourth-order valence-electron chi connectivity index (χ4n) is 2.09. The van der Waals surface area contributed by atoms with Crippen LogP contribution in [0.5, 0.6) is 0 Å². The minimum absolute atomic E-state index is 0.234. The summed E-state index contributed by atoms with van der Waals surface area (Å²) in [4.78, 5) is 4.32. The molecule has 1 aromatic rings. The molecule has 2 N–H and O–H groups in total. The van der Waals surface area contributed by atoms with Crippen LogP contribution >= 0.6 is 27.7 Å². The summed E-state index contributed by atoms with van der Waals surface area (Å²) in [6.07, 6.45) is -1.14. The maximum Gasteiger partial charge on any atom is 0.239 e. The number of hydrogen-bond acceptors (Lipinski definition) is 2. The molecule has 2 atom stereocenters. The molecule has 0 aromatic heterocycles. The van der Waals surface area contributed by atoms with Gasteiger partial charge in [-0.2, -0.15) is 0 Å². The van der Waals surface area contributed by atoms with Gasteiger partial charge in [0.05, 0.1) is 5.54 Å². The zero-order chi connectivity index (χ0) is 16.2. The van der Waals surface area contributed by atoms with Crippen molar-refractivity contribution in [3.8, 4) is 0 Å². The zero-order valence-electron chi connectivity index (χ0n) is 12.0. The van der Waals surface area contributed by atoms with Crippen LogP contribution in [-0.4, -0.2) is 17.8 Å². The van der Waals surface area contributed by atoms with Crippen molar-refractivity contribution in [2.45, 2.75) is 32.2 Å². The quantitative estimate of drug-likeness (QED) is 0.588. The van der Waals surface area contributed by atoms with Crippen LogP contribution < -0.4 is 5.73 Å². The molecule has 21 heavy (non-hydrogen) atoms. The summed E-state index contributed by atoms with van der Waals surface area (Å²) in [7, 11) is 0. The molecule has 0 aliphatic carbocycles. The van der Waals surface area contributed by atoms with Gasteiger partial charge in [-0.3, -0.25) is 4.99 Å². The minimum Gasteiger partial charge on any atom is -0.379 e. The molecule has 0 aliphatic heterocycles. The van der Waals surface area contributed by atoms with Gasteiger partial charge < -0.3 is 5.73 Å². The number of rotatable bonds is 5. The summed E-state index contributed by atoms with van der Waals surface area (Å²) in [5.74, 6) is -1.06. The van der Waals surface area contributed by atoms with Gasteiger partial charge >= 0.3 is 0 Å². The Bertz CT molecular complexity index is 525. The summed E-state index contributed by atoms with van der Waals surface area (Å²) in [5.41, 5.74) is 4.84. The molecule has 0 bridgehead atoms. The highest BCUT2D eigenvalue weighted by atomic mass is 79.9. The summed E-state index contributed by atoms with van der Waals surface area (Å²) in [5, 5.41) is 0.234. The third-order valence-corrected chi connectivity index (χ3v) is 4.52. The van der Waals surface area contributed by atoms with Crippen molar-refractivity contribution < 1.29 is 13.2 Å². The third-order valence-electron chi connectivity index (χ3n) is 3.52. The first kappa shape index (κ1) is 18.4. The largest absolute Gasteiger partial charge is 0.379 e. The lowest BCUT2D eigenvalue weighted by Crippen LogP contribution is -2.33. The Kier molecular flexibility index (Phi) is 6.59. The lowest BCUT2D eigenvalue weighted by molar-refractivity contribution is 0.0975. The standard InChI is InChI=1S/C14H18BrF3N2S/c1-8(6-12(17)18)14(2,20-13(19)21-3)10-7-9(15)4-5-11(10)16/h4-5,7-8,12H,6H2,1-3H3,(H2,19,20)/t8-,14+/m1/s1. The third kappa shape index (κ3) is 4.64. The first-order chi connectivity index (χ1) is 9.70. The first-order valence-corrected chi connectivity index (χ1v) is 8.35. The molecule has 0 fully saturated rings. The molecule has 0 saturated carbocycles. The fourth-order valence-corrected chi connectivity index (χ4v) is 2.73. The van der Waals surface area contributed by atoms with E-state index in [1.807, 2.05) is 0 Å². The lowest BCUT2D eigenvalue weighted by atomic mass is 9.79. The second-order valence-corrected chi connectivity index (χ2v) is 6.70. The van der Waals surface area contributed by atoms with E-state index >= 15 is 0 Å². The number of thioether (sulfide) groups is 1. The molecule has 0 heterocycles. The van der Waals surface area contributed by atoms with Crippen molar-refractivity contribution in [3.05, 3.63) is 34.1 Å². The van der Waals surface area contributed by atoms with E-state index in [1.165, 1.54) is 17.8 Å². The number of aliphatic imine (C=N–C) groups is 1. The van der Waals surface area contributed by atoms with Crippen LogP contribution in [0.25, 0.3) is 0 Å². The average molecular weight is 383 g/mol. The molecular weight excluding hydrogens is 365 g/mol. The van der Waals surface area contributed by atoms with Gasteiger partial charge in [-0.25, -0.2) is 13.2 Å². The van der Waals surface area contributed by atoms with Gasteiger partial charge in [0.25, 0.3) is 0 Å². The van der Waals surface area contributed by atoms with E-state index in [9.17, 15) is 13.2 Å². The van der Waals surface area contributed by atoms with E-state index in [-0.39, 0.29) is 17.2 Å². The first-order valence-electron chi connectivity index (χ1n) is 6.33. The Hall–Kier alpha value is -0.690. The van der Waals surface area contributed by atoms with Gasteiger partial charge in [0, 0.05) is 16.5 Å². The van der Waals surface area contributed by atoms with Crippen LogP contribution in [0.4, 0.5) is 13.2 Å². The van der Waals surface area contributed by atoms with Crippen molar-refractivity contribution >= 4 is 32.9 Å². The van der Waals surface area contributed by atoms with Crippen LogP contribution in [0, 0.1) is 11.7 Å². The van der Waals surface area contributed by atoms with Gasteiger partial charge in [0.15, 0.2) is 5.17 Å². The minimum atomic E-state index is -2.49. The van der Waals surface area contributed by atoms with E-state index in [0.29, 0.717) is 4.47 Å². The number of halogens is 4. The highest BCUT2D eigenvalue weighted by Gasteiger charge is 2.37. The highest BCUT2D eigenvalue weighted by Crippen LogP contribution is 2.39. The van der Waals surface area contributed by atoms with Crippen LogP contribution in [0.15, 0.2) is 27.7 Å². The predicted octanol–water partition coefficient (Wildman–Crippen LogP) is 4.77. The smallest absolute Gasteiger partial charge is 0.239 e. The van der Waals surface area contributed by atoms with Crippen LogP contribution in [0.1, 0.15) is 25.8 Å². The Labute approximate surface area is 135 Å². The summed E-state index contributed by atoms with van der Waals surface area (Å²) >= 11 is 4.47. The van der Waals surface area contributed by atoms with Crippen molar-refractivity contribution in [1.82, 2.24) is 0 Å². The van der Waals surface area contributed by atoms with Gasteiger partial charge in [-0.1, -0.05) is 34.6 Å². The normalized spacial score (nSPS) is 16.9. The van der Waals surface area contributed by atoms with Crippen LogP contribution in [0.2, 0.25) is 0 Å². The van der Waals surface area contributed by atoms with Crippen molar-refractivity contribution in [2.75, 3.05) is 6.26 Å². The molecular formula is C14H18BrF3N2S. The van der Waals surface area contributed by atoms with Gasteiger partial charge in [0.1, 0.15) is 5.82 Å². The second-order valence-electron chi connectivity index (χ2n) is 4.95. The number of alkyl halides is 2. The van der Waals surface area contributed by atoms with E-state index in [2.05, 4.69) is 20.9 Å². The maximum absolute atomic E-state index is 14.2. The molecule has 0 saturated heterocycles. The number of amidine groups is 1. The lowest BCUT2D eigenvalue weighted by Gasteiger charge is -2.33. The highest BCUT2D eigenvalue weighted by molar-refractivity contribution is 9.10. The van der Waals surface area contributed by atoms with Gasteiger partial charge in [-0.15, -0.1) is 0 Å². The van der Waals surface area contributed by atoms with Crippen LogP contribution in [0.3, 0.4) is 0 Å². The molecule has 118 valence electrons. The van der Waals surface area contributed by atoms with Gasteiger partial charge in [0.2, 0.25) is 6.43 Å². The Balaban J connectivity index is 3.40.